The molecule has 0 aromatic carbocycles. The zero-order valence-electron chi connectivity index (χ0n) is 18.9. The van der Waals surface area contributed by atoms with Crippen LogP contribution in [0.4, 0.5) is 0 Å². The molecule has 2 N–H and O–H groups in total. The normalized spacial score (nSPS) is 15.9. The summed E-state index contributed by atoms with van der Waals surface area (Å²) in [4.78, 5) is 0. The highest BCUT2D eigenvalue weighted by Crippen LogP contribution is 2.29. The Morgan fingerprint density at radius 1 is 0.714 bits per heavy atom. The second-order valence-corrected chi connectivity index (χ2v) is 9.39. The van der Waals surface area contributed by atoms with E-state index in [1.54, 1.807) is 0 Å². The molecule has 0 bridgehead atoms. The molecule has 5 nitrogen and oxygen atoms in total. The third-order valence-electron chi connectivity index (χ3n) is 6.57. The summed E-state index contributed by atoms with van der Waals surface area (Å²) >= 11 is 0. The van der Waals surface area contributed by atoms with Crippen LogP contribution >= 0.6 is 0 Å². The predicted octanol–water partition coefficient (Wildman–Crippen LogP) is 6.44. The second kappa shape index (κ2) is 16.6. The van der Waals surface area contributed by atoms with Crippen LogP contribution < -0.4 is 0 Å². The molecule has 0 aromatic rings. The van der Waals surface area contributed by atoms with E-state index in [9.17, 15) is 0 Å². The third-order valence-corrected chi connectivity index (χ3v) is 6.57. The standard InChI is InChI=1S/C22H46N.H2O4S/c1-4-7-8-9-10-11-12-13-14-18-21-23(5-2,6-3)22-19-16-15-17-20-22;1-5(2,3)4/h22H,4-21H2,1-3H3;(H2,1,2,3,4)/q+1;. The molecular weight excluding hydrogens is 374 g/mol. The smallest absolute Gasteiger partial charge is 0.322 e. The summed E-state index contributed by atoms with van der Waals surface area (Å²) in [5.74, 6) is 0. The van der Waals surface area contributed by atoms with Crippen LogP contribution in [0.2, 0.25) is 0 Å². The largest absolute Gasteiger partial charge is 0.394 e. The van der Waals surface area contributed by atoms with Crippen molar-refractivity contribution in [2.75, 3.05) is 19.6 Å². The van der Waals surface area contributed by atoms with Crippen molar-refractivity contribution in [2.45, 2.75) is 123 Å². The molecule has 28 heavy (non-hydrogen) atoms. The molecule has 0 amide bonds. The monoisotopic (exact) mass is 422 g/mol. The fraction of sp³-hybridized carbons (Fsp3) is 1.00. The van der Waals surface area contributed by atoms with E-state index in [0.717, 1.165) is 6.04 Å². The summed E-state index contributed by atoms with van der Waals surface area (Å²) in [5, 5.41) is 0. The molecule has 0 atom stereocenters. The van der Waals surface area contributed by atoms with E-state index in [1.165, 1.54) is 120 Å². The lowest BCUT2D eigenvalue weighted by atomic mass is 9.91. The number of unbranched alkanes of at least 4 members (excludes halogenated alkanes) is 9. The highest BCUT2D eigenvalue weighted by molar-refractivity contribution is 7.79. The lowest BCUT2D eigenvalue weighted by Gasteiger charge is -2.45. The Morgan fingerprint density at radius 2 is 1.11 bits per heavy atom. The van der Waals surface area contributed by atoms with Crippen LogP contribution in [0.3, 0.4) is 0 Å². The van der Waals surface area contributed by atoms with Crippen LogP contribution in [0.5, 0.6) is 0 Å². The summed E-state index contributed by atoms with van der Waals surface area (Å²) in [6.07, 6.45) is 22.1. The minimum atomic E-state index is -4.67. The van der Waals surface area contributed by atoms with E-state index >= 15 is 0 Å². The zero-order valence-corrected chi connectivity index (χ0v) is 19.7. The first-order chi connectivity index (χ1) is 13.3. The van der Waals surface area contributed by atoms with E-state index in [-0.39, 0.29) is 0 Å². The molecular formula is C22H48NO4S+. The molecule has 6 heteroatoms. The van der Waals surface area contributed by atoms with Crippen molar-refractivity contribution in [2.24, 2.45) is 0 Å². The van der Waals surface area contributed by atoms with Crippen LogP contribution in [0.15, 0.2) is 0 Å². The van der Waals surface area contributed by atoms with Gasteiger partial charge in [0.25, 0.3) is 0 Å². The Labute approximate surface area is 175 Å². The van der Waals surface area contributed by atoms with Gasteiger partial charge in [0, 0.05) is 0 Å². The lowest BCUT2D eigenvalue weighted by molar-refractivity contribution is -0.949. The second-order valence-electron chi connectivity index (χ2n) is 8.50. The molecule has 1 rings (SSSR count). The summed E-state index contributed by atoms with van der Waals surface area (Å²) < 4.78 is 33.0. The number of rotatable bonds is 14. The van der Waals surface area contributed by atoms with Crippen molar-refractivity contribution in [3.05, 3.63) is 0 Å². The minimum absolute atomic E-state index is 0.984. The molecule has 0 saturated heterocycles. The van der Waals surface area contributed by atoms with Crippen molar-refractivity contribution >= 4 is 10.4 Å². The van der Waals surface area contributed by atoms with Crippen molar-refractivity contribution in [3.8, 4) is 0 Å². The Kier molecular flexibility index (Phi) is 16.5. The number of quaternary nitrogens is 1. The van der Waals surface area contributed by atoms with Crippen molar-refractivity contribution in [1.82, 2.24) is 0 Å². The van der Waals surface area contributed by atoms with Crippen molar-refractivity contribution < 1.29 is 22.0 Å². The minimum Gasteiger partial charge on any atom is -0.322 e. The molecule has 0 aromatic heterocycles. The fourth-order valence-electron chi connectivity index (χ4n) is 4.78. The molecule has 1 saturated carbocycles. The number of hydrogen-bond donors (Lipinski definition) is 2. The van der Waals surface area contributed by atoms with E-state index in [1.807, 2.05) is 0 Å². The molecule has 0 spiro atoms. The maximum atomic E-state index is 8.74. The van der Waals surface area contributed by atoms with Crippen LogP contribution in [0.25, 0.3) is 0 Å². The summed E-state index contributed by atoms with van der Waals surface area (Å²) in [6, 6.07) is 0.984. The van der Waals surface area contributed by atoms with E-state index in [0.29, 0.717) is 0 Å². The van der Waals surface area contributed by atoms with Gasteiger partial charge in [-0.3, -0.25) is 9.11 Å². The molecule has 0 heterocycles. The fourth-order valence-corrected chi connectivity index (χ4v) is 4.78. The summed E-state index contributed by atoms with van der Waals surface area (Å²) in [6.45, 7) is 11.4. The van der Waals surface area contributed by atoms with Gasteiger partial charge in [0.05, 0.1) is 25.7 Å². The van der Waals surface area contributed by atoms with Gasteiger partial charge in [-0.2, -0.15) is 8.42 Å². The predicted molar refractivity (Wildman–Crippen MR) is 119 cm³/mol. The number of hydrogen-bond acceptors (Lipinski definition) is 2. The highest BCUT2D eigenvalue weighted by Gasteiger charge is 2.34. The quantitative estimate of drug-likeness (QED) is 0.192. The van der Waals surface area contributed by atoms with Gasteiger partial charge in [-0.15, -0.1) is 0 Å². The van der Waals surface area contributed by atoms with Crippen LogP contribution in [0, 0.1) is 0 Å². The van der Waals surface area contributed by atoms with Crippen LogP contribution in [-0.2, 0) is 10.4 Å². The topological polar surface area (TPSA) is 74.6 Å². The first-order valence-electron chi connectivity index (χ1n) is 11.8. The average molecular weight is 423 g/mol. The van der Waals surface area contributed by atoms with E-state index in [2.05, 4.69) is 20.8 Å². The van der Waals surface area contributed by atoms with Gasteiger partial charge in [0.1, 0.15) is 0 Å². The Hall–Kier alpha value is -0.170. The SMILES string of the molecule is CCCCCCCCCCCC[N+](CC)(CC)C1CCCCC1.O=S(=O)(O)O. The zero-order chi connectivity index (χ0) is 21.3. The third kappa shape index (κ3) is 14.8. The highest BCUT2D eigenvalue weighted by atomic mass is 32.3. The van der Waals surface area contributed by atoms with Gasteiger partial charge < -0.3 is 4.48 Å². The van der Waals surface area contributed by atoms with Gasteiger partial charge in [0.15, 0.2) is 0 Å². The summed E-state index contributed by atoms with van der Waals surface area (Å²) in [7, 11) is -4.67. The van der Waals surface area contributed by atoms with Gasteiger partial charge in [-0.05, 0) is 52.4 Å². The maximum absolute atomic E-state index is 8.74. The Morgan fingerprint density at radius 3 is 1.50 bits per heavy atom. The molecule has 1 aliphatic carbocycles. The summed E-state index contributed by atoms with van der Waals surface area (Å²) in [5.41, 5.74) is 0. The molecule has 1 fully saturated rings. The molecule has 170 valence electrons. The Balaban J connectivity index is 0.00000129. The number of nitrogens with zero attached hydrogens (tertiary/aromatic N) is 1. The molecule has 0 unspecified atom stereocenters. The first kappa shape index (κ1) is 27.8. The molecule has 0 aliphatic heterocycles. The maximum Gasteiger partial charge on any atom is 0.394 e. The molecule has 0 radical (unpaired) electrons. The van der Waals surface area contributed by atoms with Crippen molar-refractivity contribution in [3.63, 3.8) is 0 Å². The van der Waals surface area contributed by atoms with Crippen molar-refractivity contribution in [1.29, 1.82) is 0 Å². The Bertz CT molecular complexity index is 435. The van der Waals surface area contributed by atoms with Gasteiger partial charge in [-0.25, -0.2) is 0 Å². The van der Waals surface area contributed by atoms with Crippen LogP contribution in [0.1, 0.15) is 117 Å². The van der Waals surface area contributed by atoms with E-state index in [4.69, 9.17) is 17.5 Å². The first-order valence-corrected chi connectivity index (χ1v) is 13.2. The molecule has 1 aliphatic rings. The van der Waals surface area contributed by atoms with Crippen LogP contribution in [-0.4, -0.2) is 47.7 Å². The average Bonchev–Trinajstić information content (AvgIpc) is 2.66. The van der Waals surface area contributed by atoms with Gasteiger partial charge in [0.2, 0.25) is 0 Å². The van der Waals surface area contributed by atoms with Gasteiger partial charge in [-0.1, -0.05) is 64.7 Å². The lowest BCUT2D eigenvalue weighted by Crippen LogP contribution is -2.56. The van der Waals surface area contributed by atoms with E-state index < -0.39 is 10.4 Å². The van der Waals surface area contributed by atoms with Gasteiger partial charge >= 0.3 is 10.4 Å².